The van der Waals surface area contributed by atoms with Crippen LogP contribution in [-0.2, 0) is 6.42 Å². The summed E-state index contributed by atoms with van der Waals surface area (Å²) in [5.41, 5.74) is 1.42. The number of benzene rings is 1. The molecule has 1 rings (SSSR count). The Morgan fingerprint density at radius 1 is 1.14 bits per heavy atom. The van der Waals surface area contributed by atoms with Crippen LogP contribution in [-0.4, -0.2) is 13.1 Å². The van der Waals surface area contributed by atoms with Gasteiger partial charge in [-0.15, -0.1) is 0 Å². The average Bonchev–Trinajstić information content (AvgIpc) is 2.17. The van der Waals surface area contributed by atoms with Crippen LogP contribution in [0, 0.1) is 5.92 Å². The molecule has 0 amide bonds. The van der Waals surface area contributed by atoms with Crippen molar-refractivity contribution in [1.82, 2.24) is 5.32 Å². The summed E-state index contributed by atoms with van der Waals surface area (Å²) < 4.78 is 0. The minimum Gasteiger partial charge on any atom is -0.317 e. The van der Waals surface area contributed by atoms with E-state index in [2.05, 4.69) is 56.5 Å². The molecule has 0 aliphatic heterocycles. The van der Waals surface area contributed by atoms with E-state index in [0.717, 1.165) is 12.3 Å². The minimum atomic E-state index is 0.609. The predicted octanol–water partition coefficient (Wildman–Crippen LogP) is 2.86. The third-order valence-corrected chi connectivity index (χ3v) is 2.49. The maximum absolute atomic E-state index is 3.38. The second kappa shape index (κ2) is 5.82. The fourth-order valence-electron chi connectivity index (χ4n) is 1.77. The van der Waals surface area contributed by atoms with Gasteiger partial charge in [0.15, 0.2) is 0 Å². The first-order chi connectivity index (χ1) is 6.72. The molecule has 0 aliphatic rings. The molecule has 78 valence electrons. The molecule has 1 N–H and O–H groups in total. The normalized spacial score (nSPS) is 13.1. The average molecular weight is 191 g/mol. The molecule has 0 saturated carbocycles. The Hall–Kier alpha value is -0.820. The molecule has 0 heterocycles. The lowest BCUT2D eigenvalue weighted by molar-refractivity contribution is 0.441. The topological polar surface area (TPSA) is 12.0 Å². The Morgan fingerprint density at radius 2 is 1.79 bits per heavy atom. The zero-order valence-electron chi connectivity index (χ0n) is 9.46. The van der Waals surface area contributed by atoms with Gasteiger partial charge in [-0.3, -0.25) is 0 Å². The highest BCUT2D eigenvalue weighted by molar-refractivity contribution is 5.15. The predicted molar refractivity (Wildman–Crippen MR) is 62.4 cm³/mol. The van der Waals surface area contributed by atoms with Crippen molar-refractivity contribution in [1.29, 1.82) is 0 Å². The van der Waals surface area contributed by atoms with Crippen molar-refractivity contribution >= 4 is 0 Å². The van der Waals surface area contributed by atoms with Crippen LogP contribution in [0.3, 0.4) is 0 Å². The SMILES string of the molecule is CN[C@H](Cc1ccccc1)CC(C)C. The summed E-state index contributed by atoms with van der Waals surface area (Å²) >= 11 is 0. The largest absolute Gasteiger partial charge is 0.317 e. The molecule has 1 aromatic rings. The van der Waals surface area contributed by atoms with E-state index >= 15 is 0 Å². The van der Waals surface area contributed by atoms with Crippen LogP contribution in [0.2, 0.25) is 0 Å². The summed E-state index contributed by atoms with van der Waals surface area (Å²) in [4.78, 5) is 0. The zero-order chi connectivity index (χ0) is 10.4. The maximum Gasteiger partial charge on any atom is 0.0107 e. The van der Waals surface area contributed by atoms with Gasteiger partial charge in [-0.1, -0.05) is 44.2 Å². The Kier molecular flexibility index (Phi) is 4.68. The number of nitrogens with one attached hydrogen (secondary N) is 1. The molecular weight excluding hydrogens is 170 g/mol. The summed E-state index contributed by atoms with van der Waals surface area (Å²) in [5, 5.41) is 3.38. The van der Waals surface area contributed by atoms with Gasteiger partial charge in [0.25, 0.3) is 0 Å². The standard InChI is InChI=1S/C13H21N/c1-11(2)9-13(14-3)10-12-7-5-4-6-8-12/h4-8,11,13-14H,9-10H2,1-3H3/t13-/m0/s1. The van der Waals surface area contributed by atoms with Crippen molar-refractivity contribution in [2.75, 3.05) is 7.05 Å². The molecular formula is C13H21N. The van der Waals surface area contributed by atoms with E-state index in [1.54, 1.807) is 0 Å². The summed E-state index contributed by atoms with van der Waals surface area (Å²) in [7, 11) is 2.05. The molecule has 0 spiro atoms. The van der Waals surface area contributed by atoms with Gasteiger partial charge < -0.3 is 5.32 Å². The third kappa shape index (κ3) is 3.93. The molecule has 1 aromatic carbocycles. The molecule has 0 unspecified atom stereocenters. The van der Waals surface area contributed by atoms with Crippen LogP contribution in [0.4, 0.5) is 0 Å². The first kappa shape index (κ1) is 11.3. The van der Waals surface area contributed by atoms with Gasteiger partial charge >= 0.3 is 0 Å². The Labute approximate surface area is 87.5 Å². The van der Waals surface area contributed by atoms with E-state index in [1.165, 1.54) is 12.0 Å². The highest BCUT2D eigenvalue weighted by Gasteiger charge is 2.08. The first-order valence-corrected chi connectivity index (χ1v) is 5.43. The lowest BCUT2D eigenvalue weighted by Gasteiger charge is -2.18. The van der Waals surface area contributed by atoms with Crippen molar-refractivity contribution in [2.24, 2.45) is 5.92 Å². The molecule has 14 heavy (non-hydrogen) atoms. The van der Waals surface area contributed by atoms with Crippen molar-refractivity contribution in [3.63, 3.8) is 0 Å². The highest BCUT2D eigenvalue weighted by atomic mass is 14.9. The molecule has 0 aromatic heterocycles. The highest BCUT2D eigenvalue weighted by Crippen LogP contribution is 2.10. The number of hydrogen-bond acceptors (Lipinski definition) is 1. The van der Waals surface area contributed by atoms with Gasteiger partial charge in [0.2, 0.25) is 0 Å². The molecule has 0 bridgehead atoms. The van der Waals surface area contributed by atoms with Crippen LogP contribution in [0.1, 0.15) is 25.8 Å². The number of hydrogen-bond donors (Lipinski definition) is 1. The summed E-state index contributed by atoms with van der Waals surface area (Å²) in [5.74, 6) is 0.760. The van der Waals surface area contributed by atoms with E-state index in [9.17, 15) is 0 Å². The van der Waals surface area contributed by atoms with Gasteiger partial charge in [-0.05, 0) is 31.4 Å². The monoisotopic (exact) mass is 191 g/mol. The third-order valence-electron chi connectivity index (χ3n) is 2.49. The smallest absolute Gasteiger partial charge is 0.0107 e. The number of rotatable bonds is 5. The van der Waals surface area contributed by atoms with Crippen molar-refractivity contribution in [2.45, 2.75) is 32.7 Å². The van der Waals surface area contributed by atoms with E-state index in [1.807, 2.05) is 0 Å². The fraction of sp³-hybridized carbons (Fsp3) is 0.538. The first-order valence-electron chi connectivity index (χ1n) is 5.43. The second-order valence-electron chi connectivity index (χ2n) is 4.30. The van der Waals surface area contributed by atoms with Gasteiger partial charge in [0.1, 0.15) is 0 Å². The Balaban J connectivity index is 2.48. The lowest BCUT2D eigenvalue weighted by atomic mass is 9.97. The lowest BCUT2D eigenvalue weighted by Crippen LogP contribution is -2.29. The number of likely N-dealkylation sites (N-methyl/N-ethyl adjacent to an activating group) is 1. The molecule has 1 atom stereocenters. The second-order valence-corrected chi connectivity index (χ2v) is 4.30. The van der Waals surface area contributed by atoms with Gasteiger partial charge in [0, 0.05) is 6.04 Å². The Bertz CT molecular complexity index is 241. The van der Waals surface area contributed by atoms with Crippen molar-refractivity contribution in [3.05, 3.63) is 35.9 Å². The van der Waals surface area contributed by atoms with Crippen molar-refractivity contribution in [3.8, 4) is 0 Å². The summed E-state index contributed by atoms with van der Waals surface area (Å²) in [6.45, 7) is 4.55. The summed E-state index contributed by atoms with van der Waals surface area (Å²) in [6, 6.07) is 11.3. The van der Waals surface area contributed by atoms with Crippen LogP contribution in [0.5, 0.6) is 0 Å². The molecule has 0 fully saturated rings. The molecule has 0 radical (unpaired) electrons. The van der Waals surface area contributed by atoms with E-state index < -0.39 is 0 Å². The zero-order valence-corrected chi connectivity index (χ0v) is 9.46. The molecule has 0 aliphatic carbocycles. The maximum atomic E-state index is 3.38. The fourth-order valence-corrected chi connectivity index (χ4v) is 1.77. The quantitative estimate of drug-likeness (QED) is 0.754. The van der Waals surface area contributed by atoms with Gasteiger partial charge in [0.05, 0.1) is 0 Å². The van der Waals surface area contributed by atoms with Gasteiger partial charge in [-0.25, -0.2) is 0 Å². The summed E-state index contributed by atoms with van der Waals surface area (Å²) in [6.07, 6.45) is 2.38. The Morgan fingerprint density at radius 3 is 2.29 bits per heavy atom. The van der Waals surface area contributed by atoms with Crippen molar-refractivity contribution < 1.29 is 0 Å². The van der Waals surface area contributed by atoms with Gasteiger partial charge in [-0.2, -0.15) is 0 Å². The minimum absolute atomic E-state index is 0.609. The van der Waals surface area contributed by atoms with Crippen LogP contribution < -0.4 is 5.32 Å². The van der Waals surface area contributed by atoms with Crippen LogP contribution in [0.25, 0.3) is 0 Å². The molecule has 1 heteroatoms. The molecule has 0 saturated heterocycles. The van der Waals surface area contributed by atoms with E-state index in [0.29, 0.717) is 6.04 Å². The van der Waals surface area contributed by atoms with E-state index in [4.69, 9.17) is 0 Å². The molecule has 1 nitrogen and oxygen atoms in total. The van der Waals surface area contributed by atoms with Crippen LogP contribution >= 0.6 is 0 Å². The van der Waals surface area contributed by atoms with E-state index in [-0.39, 0.29) is 0 Å². The van der Waals surface area contributed by atoms with Crippen LogP contribution in [0.15, 0.2) is 30.3 Å².